The molecule has 0 spiro atoms. The van der Waals surface area contributed by atoms with Gasteiger partial charge in [-0.1, -0.05) is 30.0 Å². The summed E-state index contributed by atoms with van der Waals surface area (Å²) in [5.74, 6) is 0.304. The lowest BCUT2D eigenvalue weighted by molar-refractivity contribution is 0.0589. The van der Waals surface area contributed by atoms with Gasteiger partial charge in [0.1, 0.15) is 5.75 Å². The van der Waals surface area contributed by atoms with Crippen LogP contribution >= 0.6 is 11.8 Å². The topological polar surface area (TPSA) is 53.3 Å². The number of aromatic nitrogens is 2. The van der Waals surface area contributed by atoms with Gasteiger partial charge in [0.15, 0.2) is 5.69 Å². The highest BCUT2D eigenvalue weighted by Crippen LogP contribution is 2.31. The zero-order valence-electron chi connectivity index (χ0n) is 13.3. The molecule has 0 atom stereocenters. The zero-order valence-corrected chi connectivity index (χ0v) is 14.1. The van der Waals surface area contributed by atoms with E-state index in [1.54, 1.807) is 11.8 Å². The number of ether oxygens (including phenoxy) is 2. The molecule has 0 radical (unpaired) electrons. The molecule has 0 aliphatic heterocycles. The van der Waals surface area contributed by atoms with E-state index in [0.29, 0.717) is 5.69 Å². The quantitative estimate of drug-likeness (QED) is 0.661. The summed E-state index contributed by atoms with van der Waals surface area (Å²) in [6.07, 6.45) is 1.83. The van der Waals surface area contributed by atoms with Gasteiger partial charge in [0.2, 0.25) is 0 Å². The van der Waals surface area contributed by atoms with Gasteiger partial charge in [-0.3, -0.25) is 0 Å². The summed E-state index contributed by atoms with van der Waals surface area (Å²) >= 11 is 1.47. The first-order valence-corrected chi connectivity index (χ1v) is 8.08. The summed E-state index contributed by atoms with van der Waals surface area (Å²) in [5.41, 5.74) is 1.13. The van der Waals surface area contributed by atoms with Crippen LogP contribution in [-0.2, 0) is 4.74 Å². The van der Waals surface area contributed by atoms with E-state index >= 15 is 0 Å². The minimum atomic E-state index is -0.458. The zero-order chi connectivity index (χ0) is 16.9. The molecule has 0 amide bonds. The maximum Gasteiger partial charge on any atom is 0.359 e. The van der Waals surface area contributed by atoms with E-state index in [4.69, 9.17) is 9.47 Å². The van der Waals surface area contributed by atoms with Crippen LogP contribution in [-0.4, -0.2) is 30.0 Å². The number of methoxy groups -OCH3 is 2. The summed E-state index contributed by atoms with van der Waals surface area (Å²) in [5, 5.41) is 4.38. The fourth-order valence-electron chi connectivity index (χ4n) is 2.15. The first-order chi connectivity index (χ1) is 11.7. The van der Waals surface area contributed by atoms with E-state index in [0.717, 1.165) is 21.2 Å². The van der Waals surface area contributed by atoms with E-state index in [1.165, 1.54) is 18.9 Å². The number of hydrogen-bond donors (Lipinski definition) is 0. The SMILES string of the molecule is COC(=O)c1nn(-c2ccc(OC)cc2)cc1Sc1ccccc1. The molecule has 0 aliphatic carbocycles. The van der Waals surface area contributed by atoms with Crippen LogP contribution in [0.3, 0.4) is 0 Å². The van der Waals surface area contributed by atoms with Crippen LogP contribution in [0.5, 0.6) is 5.75 Å². The van der Waals surface area contributed by atoms with Crippen LogP contribution in [0.1, 0.15) is 10.5 Å². The highest BCUT2D eigenvalue weighted by molar-refractivity contribution is 7.99. The minimum absolute atomic E-state index is 0.294. The third kappa shape index (κ3) is 3.44. The highest BCUT2D eigenvalue weighted by Gasteiger charge is 2.19. The third-order valence-corrected chi connectivity index (χ3v) is 4.39. The third-order valence-electron chi connectivity index (χ3n) is 3.37. The Morgan fingerprint density at radius 1 is 1.04 bits per heavy atom. The predicted octanol–water partition coefficient (Wildman–Crippen LogP) is 3.82. The van der Waals surface area contributed by atoms with Crippen molar-refractivity contribution in [1.29, 1.82) is 0 Å². The normalized spacial score (nSPS) is 10.4. The average Bonchev–Trinajstić information content (AvgIpc) is 3.05. The molecule has 5 nitrogen and oxygen atoms in total. The van der Waals surface area contributed by atoms with Gasteiger partial charge in [0, 0.05) is 11.1 Å². The van der Waals surface area contributed by atoms with Crippen LogP contribution in [0.25, 0.3) is 5.69 Å². The lowest BCUT2D eigenvalue weighted by atomic mass is 10.3. The summed E-state index contributed by atoms with van der Waals surface area (Å²) in [4.78, 5) is 13.8. The molecule has 0 saturated carbocycles. The number of carbonyl (C=O) groups excluding carboxylic acids is 1. The van der Waals surface area contributed by atoms with Crippen molar-refractivity contribution >= 4 is 17.7 Å². The van der Waals surface area contributed by atoms with E-state index in [2.05, 4.69) is 5.10 Å². The van der Waals surface area contributed by atoms with Crippen LogP contribution in [0.2, 0.25) is 0 Å². The predicted molar refractivity (Wildman–Crippen MR) is 92.0 cm³/mol. The van der Waals surface area contributed by atoms with Gasteiger partial charge in [0.05, 0.1) is 24.8 Å². The maximum atomic E-state index is 12.0. The smallest absolute Gasteiger partial charge is 0.359 e. The Hall–Kier alpha value is -2.73. The Kier molecular flexibility index (Phi) is 4.86. The Bertz CT molecular complexity index is 829. The van der Waals surface area contributed by atoms with Crippen molar-refractivity contribution < 1.29 is 14.3 Å². The largest absolute Gasteiger partial charge is 0.497 e. The Labute approximate surface area is 144 Å². The number of carbonyl (C=O) groups is 1. The summed E-state index contributed by atoms with van der Waals surface area (Å²) in [7, 11) is 2.97. The van der Waals surface area contributed by atoms with E-state index in [1.807, 2.05) is 60.8 Å². The molecule has 1 heterocycles. The van der Waals surface area contributed by atoms with Crippen molar-refractivity contribution in [3.8, 4) is 11.4 Å². The van der Waals surface area contributed by atoms with Gasteiger partial charge in [-0.05, 0) is 36.4 Å². The fourth-order valence-corrected chi connectivity index (χ4v) is 3.07. The van der Waals surface area contributed by atoms with Crippen molar-refractivity contribution in [2.75, 3.05) is 14.2 Å². The van der Waals surface area contributed by atoms with Gasteiger partial charge in [-0.25, -0.2) is 9.48 Å². The first kappa shape index (κ1) is 16.1. The van der Waals surface area contributed by atoms with Gasteiger partial charge in [-0.15, -0.1) is 0 Å². The van der Waals surface area contributed by atoms with Crippen molar-refractivity contribution in [1.82, 2.24) is 9.78 Å². The molecular weight excluding hydrogens is 324 g/mol. The minimum Gasteiger partial charge on any atom is -0.497 e. The Morgan fingerprint density at radius 3 is 2.38 bits per heavy atom. The number of nitrogens with zero attached hydrogens (tertiary/aromatic N) is 2. The second-order valence-electron chi connectivity index (χ2n) is 4.89. The Balaban J connectivity index is 1.97. The lowest BCUT2D eigenvalue weighted by Gasteiger charge is -2.03. The van der Waals surface area contributed by atoms with Gasteiger partial charge >= 0.3 is 5.97 Å². The summed E-state index contributed by atoms with van der Waals surface area (Å²) < 4.78 is 11.7. The summed E-state index contributed by atoms with van der Waals surface area (Å²) in [6.45, 7) is 0. The molecule has 3 aromatic rings. The van der Waals surface area contributed by atoms with Crippen molar-refractivity contribution in [2.45, 2.75) is 9.79 Å². The van der Waals surface area contributed by atoms with Gasteiger partial charge in [-0.2, -0.15) is 5.10 Å². The molecular formula is C18H16N2O3S. The number of rotatable bonds is 5. The van der Waals surface area contributed by atoms with Gasteiger partial charge in [0.25, 0.3) is 0 Å². The standard InChI is InChI=1S/C18H16N2O3S/c1-22-14-10-8-13(9-11-14)20-12-16(17(19-20)18(21)23-2)24-15-6-4-3-5-7-15/h3-12H,1-2H3. The van der Waals surface area contributed by atoms with Crippen LogP contribution in [0, 0.1) is 0 Å². The van der Waals surface area contributed by atoms with E-state index < -0.39 is 5.97 Å². The van der Waals surface area contributed by atoms with Gasteiger partial charge < -0.3 is 9.47 Å². The summed E-state index contributed by atoms with van der Waals surface area (Å²) in [6, 6.07) is 17.3. The molecule has 0 unspecified atom stereocenters. The van der Waals surface area contributed by atoms with Crippen molar-refractivity contribution in [2.24, 2.45) is 0 Å². The molecule has 24 heavy (non-hydrogen) atoms. The highest BCUT2D eigenvalue weighted by atomic mass is 32.2. The average molecular weight is 340 g/mol. The van der Waals surface area contributed by atoms with Crippen LogP contribution in [0.4, 0.5) is 0 Å². The maximum absolute atomic E-state index is 12.0. The molecule has 0 N–H and O–H groups in total. The van der Waals surface area contributed by atoms with Crippen LogP contribution < -0.4 is 4.74 Å². The van der Waals surface area contributed by atoms with E-state index in [-0.39, 0.29) is 0 Å². The lowest BCUT2D eigenvalue weighted by Crippen LogP contribution is -2.05. The van der Waals surface area contributed by atoms with Crippen molar-refractivity contribution in [3.63, 3.8) is 0 Å². The first-order valence-electron chi connectivity index (χ1n) is 7.26. The molecule has 3 rings (SSSR count). The second-order valence-corrected chi connectivity index (χ2v) is 6.01. The molecule has 0 bridgehead atoms. The molecule has 0 fully saturated rings. The molecule has 2 aromatic carbocycles. The number of esters is 1. The van der Waals surface area contributed by atoms with E-state index in [9.17, 15) is 4.79 Å². The fraction of sp³-hybridized carbons (Fsp3) is 0.111. The molecule has 1 aromatic heterocycles. The molecule has 0 aliphatic rings. The number of hydrogen-bond acceptors (Lipinski definition) is 5. The Morgan fingerprint density at radius 2 is 1.75 bits per heavy atom. The van der Waals surface area contributed by atoms with Crippen LogP contribution in [0.15, 0.2) is 70.6 Å². The molecule has 122 valence electrons. The van der Waals surface area contributed by atoms with Crippen molar-refractivity contribution in [3.05, 3.63) is 66.5 Å². The molecule has 6 heteroatoms. The monoisotopic (exact) mass is 340 g/mol. The molecule has 0 saturated heterocycles. The second kappa shape index (κ2) is 7.23. The number of benzene rings is 2.